The van der Waals surface area contributed by atoms with E-state index in [0.717, 1.165) is 5.56 Å². The van der Waals surface area contributed by atoms with Crippen LogP contribution in [0.1, 0.15) is 15.9 Å². The Balaban J connectivity index is 2.62. The number of thioether (sulfide) groups is 1. The average Bonchev–Trinajstić information content (AvgIpc) is 2.38. The summed E-state index contributed by atoms with van der Waals surface area (Å²) in [5.41, 5.74) is 3.53. The van der Waals surface area contributed by atoms with E-state index in [1.54, 1.807) is 31.1 Å². The van der Waals surface area contributed by atoms with Crippen LogP contribution in [0, 0.1) is 0 Å². The van der Waals surface area contributed by atoms with Crippen molar-refractivity contribution in [3.8, 4) is 0 Å². The standard InChI is InChI=1S/C12H17N3O2S/c1-15(2)11(16)8-18-7-9-5-3-4-6-10(9)12(17)14-13/h3-6H,7-8,13H2,1-2H3,(H,14,17). The number of carbonyl (C=O) groups excluding carboxylic acids is 2. The lowest BCUT2D eigenvalue weighted by molar-refractivity contribution is -0.125. The number of nitrogens with two attached hydrogens (primary N) is 1. The van der Waals surface area contributed by atoms with Crippen molar-refractivity contribution in [1.82, 2.24) is 10.3 Å². The Kier molecular flexibility index (Phi) is 5.67. The van der Waals surface area contributed by atoms with Crippen LogP contribution < -0.4 is 11.3 Å². The summed E-state index contributed by atoms with van der Waals surface area (Å²) in [6, 6.07) is 7.21. The van der Waals surface area contributed by atoms with E-state index in [9.17, 15) is 9.59 Å². The molecule has 0 radical (unpaired) electrons. The van der Waals surface area contributed by atoms with Gasteiger partial charge in [-0.1, -0.05) is 18.2 Å². The van der Waals surface area contributed by atoms with E-state index in [0.29, 0.717) is 17.1 Å². The lowest BCUT2D eigenvalue weighted by Gasteiger charge is -2.11. The fourth-order valence-electron chi connectivity index (χ4n) is 1.32. The van der Waals surface area contributed by atoms with Crippen LogP contribution in [0.2, 0.25) is 0 Å². The Morgan fingerprint density at radius 2 is 2.00 bits per heavy atom. The van der Waals surface area contributed by atoms with E-state index in [1.807, 2.05) is 12.1 Å². The molecule has 0 aliphatic rings. The first kappa shape index (κ1) is 14.5. The Morgan fingerprint density at radius 1 is 1.33 bits per heavy atom. The summed E-state index contributed by atoms with van der Waals surface area (Å²) >= 11 is 1.47. The molecule has 3 N–H and O–H groups in total. The minimum absolute atomic E-state index is 0.0563. The molecule has 0 aliphatic carbocycles. The summed E-state index contributed by atoms with van der Waals surface area (Å²) in [6.07, 6.45) is 0. The number of nitrogens with zero attached hydrogens (tertiary/aromatic N) is 1. The lowest BCUT2D eigenvalue weighted by atomic mass is 10.1. The number of nitrogens with one attached hydrogen (secondary N) is 1. The number of nitrogen functional groups attached to an aromatic ring is 1. The van der Waals surface area contributed by atoms with Crippen molar-refractivity contribution in [2.75, 3.05) is 19.8 Å². The second kappa shape index (κ2) is 7.03. The van der Waals surface area contributed by atoms with E-state index in [2.05, 4.69) is 5.43 Å². The maximum Gasteiger partial charge on any atom is 0.265 e. The molecule has 0 atom stereocenters. The van der Waals surface area contributed by atoms with Crippen molar-refractivity contribution in [2.24, 2.45) is 5.84 Å². The van der Waals surface area contributed by atoms with Gasteiger partial charge in [0.2, 0.25) is 5.91 Å². The van der Waals surface area contributed by atoms with Gasteiger partial charge in [0.1, 0.15) is 0 Å². The molecule has 0 bridgehead atoms. The third-order valence-electron chi connectivity index (χ3n) is 2.37. The van der Waals surface area contributed by atoms with Crippen molar-refractivity contribution >= 4 is 23.6 Å². The second-order valence-corrected chi connectivity index (χ2v) is 4.90. The Hall–Kier alpha value is -1.53. The summed E-state index contributed by atoms with van der Waals surface area (Å²) < 4.78 is 0. The summed E-state index contributed by atoms with van der Waals surface area (Å²) in [7, 11) is 3.44. The van der Waals surface area contributed by atoms with Crippen molar-refractivity contribution in [3.63, 3.8) is 0 Å². The molecule has 0 spiro atoms. The smallest absolute Gasteiger partial charge is 0.265 e. The SMILES string of the molecule is CN(C)C(=O)CSCc1ccccc1C(=O)NN. The zero-order valence-corrected chi connectivity index (χ0v) is 11.3. The highest BCUT2D eigenvalue weighted by Gasteiger charge is 2.10. The van der Waals surface area contributed by atoms with E-state index in [4.69, 9.17) is 5.84 Å². The maximum atomic E-state index is 11.5. The first-order valence-corrected chi connectivity index (χ1v) is 6.58. The number of benzene rings is 1. The third-order valence-corrected chi connectivity index (χ3v) is 3.34. The van der Waals surface area contributed by atoms with Gasteiger partial charge in [-0.05, 0) is 11.6 Å². The molecular weight excluding hydrogens is 250 g/mol. The molecule has 1 rings (SSSR count). The van der Waals surface area contributed by atoms with Crippen molar-refractivity contribution in [1.29, 1.82) is 0 Å². The Morgan fingerprint density at radius 3 is 2.61 bits per heavy atom. The molecule has 6 heteroatoms. The predicted molar refractivity (Wildman–Crippen MR) is 73.0 cm³/mol. The number of amides is 2. The van der Waals surface area contributed by atoms with Gasteiger partial charge in [-0.25, -0.2) is 5.84 Å². The Labute approximate surface area is 111 Å². The number of carbonyl (C=O) groups is 2. The molecule has 2 amide bonds. The van der Waals surface area contributed by atoms with Gasteiger partial charge in [0.25, 0.3) is 5.91 Å². The van der Waals surface area contributed by atoms with E-state index in [1.165, 1.54) is 11.8 Å². The number of rotatable bonds is 5. The van der Waals surface area contributed by atoms with E-state index >= 15 is 0 Å². The van der Waals surface area contributed by atoms with Crippen LogP contribution in [0.5, 0.6) is 0 Å². The first-order chi connectivity index (χ1) is 8.56. The topological polar surface area (TPSA) is 75.4 Å². The molecule has 0 aromatic heterocycles. The quantitative estimate of drug-likeness (QED) is 0.466. The zero-order chi connectivity index (χ0) is 13.5. The summed E-state index contributed by atoms with van der Waals surface area (Å²) in [6.45, 7) is 0. The highest BCUT2D eigenvalue weighted by molar-refractivity contribution is 7.99. The van der Waals surface area contributed by atoms with E-state index < -0.39 is 0 Å². The van der Waals surface area contributed by atoms with Crippen LogP contribution in [0.4, 0.5) is 0 Å². The number of hydrazine groups is 1. The molecule has 0 saturated heterocycles. The van der Waals surface area contributed by atoms with Crippen LogP contribution in [-0.4, -0.2) is 36.6 Å². The molecule has 0 fully saturated rings. The van der Waals surface area contributed by atoms with Crippen LogP contribution in [-0.2, 0) is 10.5 Å². The molecule has 5 nitrogen and oxygen atoms in total. The lowest BCUT2D eigenvalue weighted by Crippen LogP contribution is -2.30. The molecule has 0 aliphatic heterocycles. The highest BCUT2D eigenvalue weighted by Crippen LogP contribution is 2.16. The minimum atomic E-state index is -0.315. The van der Waals surface area contributed by atoms with Gasteiger partial charge in [0, 0.05) is 25.4 Å². The van der Waals surface area contributed by atoms with Gasteiger partial charge >= 0.3 is 0 Å². The van der Waals surface area contributed by atoms with Gasteiger partial charge in [-0.3, -0.25) is 15.0 Å². The fraction of sp³-hybridized carbons (Fsp3) is 0.333. The molecule has 18 heavy (non-hydrogen) atoms. The monoisotopic (exact) mass is 267 g/mol. The zero-order valence-electron chi connectivity index (χ0n) is 10.5. The molecule has 0 heterocycles. The highest BCUT2D eigenvalue weighted by atomic mass is 32.2. The minimum Gasteiger partial charge on any atom is -0.348 e. The molecule has 1 aromatic rings. The summed E-state index contributed by atoms with van der Waals surface area (Å²) in [5, 5.41) is 0. The van der Waals surface area contributed by atoms with Crippen molar-refractivity contribution < 1.29 is 9.59 Å². The predicted octanol–water partition coefficient (Wildman–Crippen LogP) is 0.612. The van der Waals surface area contributed by atoms with Gasteiger partial charge in [-0.2, -0.15) is 0 Å². The van der Waals surface area contributed by atoms with Gasteiger partial charge in [0.05, 0.1) is 5.75 Å². The molecule has 0 saturated carbocycles. The van der Waals surface area contributed by atoms with Crippen molar-refractivity contribution in [2.45, 2.75) is 5.75 Å². The fourth-order valence-corrected chi connectivity index (χ4v) is 2.33. The molecule has 98 valence electrons. The van der Waals surface area contributed by atoms with Crippen molar-refractivity contribution in [3.05, 3.63) is 35.4 Å². The van der Waals surface area contributed by atoms with Crippen LogP contribution in [0.25, 0.3) is 0 Å². The van der Waals surface area contributed by atoms with Gasteiger partial charge < -0.3 is 4.90 Å². The maximum absolute atomic E-state index is 11.5. The van der Waals surface area contributed by atoms with Gasteiger partial charge in [0.15, 0.2) is 0 Å². The van der Waals surface area contributed by atoms with Crippen LogP contribution in [0.15, 0.2) is 24.3 Å². The second-order valence-electron chi connectivity index (χ2n) is 3.91. The van der Waals surface area contributed by atoms with Crippen LogP contribution in [0.3, 0.4) is 0 Å². The number of hydrogen-bond donors (Lipinski definition) is 2. The third kappa shape index (κ3) is 4.05. The van der Waals surface area contributed by atoms with Gasteiger partial charge in [-0.15, -0.1) is 11.8 Å². The summed E-state index contributed by atoms with van der Waals surface area (Å²) in [5.74, 6) is 5.86. The normalized spacial score (nSPS) is 9.94. The molecule has 0 unspecified atom stereocenters. The average molecular weight is 267 g/mol. The Bertz CT molecular complexity index is 435. The number of hydrogen-bond acceptors (Lipinski definition) is 4. The molecular formula is C12H17N3O2S. The molecule has 1 aromatic carbocycles. The first-order valence-electron chi connectivity index (χ1n) is 5.43. The van der Waals surface area contributed by atoms with E-state index in [-0.39, 0.29) is 11.8 Å². The summed E-state index contributed by atoms with van der Waals surface area (Å²) in [4.78, 5) is 24.5. The largest absolute Gasteiger partial charge is 0.348 e. The van der Waals surface area contributed by atoms with Crippen LogP contribution >= 0.6 is 11.8 Å².